The summed E-state index contributed by atoms with van der Waals surface area (Å²) in [6.07, 6.45) is 2.06. The Balaban J connectivity index is 1.56. The van der Waals surface area contributed by atoms with Crippen LogP contribution in [0.25, 0.3) is 0 Å². The predicted octanol–water partition coefficient (Wildman–Crippen LogP) is 1.17. The van der Waals surface area contributed by atoms with Gasteiger partial charge in [-0.05, 0) is 26.3 Å². The highest BCUT2D eigenvalue weighted by Gasteiger charge is 2.30. The molecule has 1 aromatic heterocycles. The third-order valence-electron chi connectivity index (χ3n) is 4.11. The van der Waals surface area contributed by atoms with E-state index in [2.05, 4.69) is 15.0 Å². The van der Waals surface area contributed by atoms with E-state index in [-0.39, 0.29) is 5.92 Å². The molecular formula is C14H22N4O2S. The van der Waals surface area contributed by atoms with Gasteiger partial charge in [-0.1, -0.05) is 5.16 Å². The summed E-state index contributed by atoms with van der Waals surface area (Å²) in [5.74, 6) is 3.93. The van der Waals surface area contributed by atoms with Crippen molar-refractivity contribution in [2.75, 3.05) is 37.7 Å². The molecule has 0 radical (unpaired) electrons. The van der Waals surface area contributed by atoms with Gasteiger partial charge >= 0.3 is 0 Å². The molecule has 0 N–H and O–H groups in total. The van der Waals surface area contributed by atoms with Crippen LogP contribution in [0.1, 0.15) is 24.6 Å². The zero-order valence-corrected chi connectivity index (χ0v) is 13.3. The minimum absolute atomic E-state index is 0.130. The number of thioether (sulfide) groups is 1. The van der Waals surface area contributed by atoms with Gasteiger partial charge in [0.2, 0.25) is 11.8 Å². The smallest absolute Gasteiger partial charge is 0.240 e. The molecule has 1 amide bonds. The first-order chi connectivity index (χ1) is 10.2. The Bertz CT molecular complexity index is 487. The van der Waals surface area contributed by atoms with E-state index in [1.54, 1.807) is 0 Å². The summed E-state index contributed by atoms with van der Waals surface area (Å²) in [7, 11) is 0. The van der Waals surface area contributed by atoms with Gasteiger partial charge in [0.15, 0.2) is 5.82 Å². The first kappa shape index (κ1) is 14.8. The lowest BCUT2D eigenvalue weighted by Crippen LogP contribution is -2.47. The Morgan fingerprint density at radius 3 is 2.90 bits per heavy atom. The molecule has 0 saturated carbocycles. The summed E-state index contributed by atoms with van der Waals surface area (Å²) in [5.41, 5.74) is 0. The molecule has 1 unspecified atom stereocenters. The van der Waals surface area contributed by atoms with Crippen molar-refractivity contribution in [1.29, 1.82) is 0 Å². The van der Waals surface area contributed by atoms with Crippen molar-refractivity contribution in [2.24, 2.45) is 5.92 Å². The minimum Gasteiger partial charge on any atom is -0.341 e. The zero-order chi connectivity index (χ0) is 14.7. The molecule has 3 rings (SSSR count). The number of carbonyl (C=O) groups excluding carboxylic acids is 1. The Labute approximate surface area is 129 Å². The largest absolute Gasteiger partial charge is 0.341 e. The molecule has 21 heavy (non-hydrogen) atoms. The normalized spacial score (nSPS) is 24.2. The van der Waals surface area contributed by atoms with Gasteiger partial charge in [0.25, 0.3) is 0 Å². The Kier molecular flexibility index (Phi) is 4.80. The maximum absolute atomic E-state index is 12.6. The van der Waals surface area contributed by atoms with E-state index in [9.17, 15) is 4.79 Å². The highest BCUT2D eigenvalue weighted by molar-refractivity contribution is 7.99. The molecule has 0 aromatic carbocycles. The number of amides is 1. The average Bonchev–Trinajstić information content (AvgIpc) is 2.93. The number of carbonyl (C=O) groups is 1. The summed E-state index contributed by atoms with van der Waals surface area (Å²) < 4.78 is 5.18. The molecular weight excluding hydrogens is 288 g/mol. The van der Waals surface area contributed by atoms with Crippen molar-refractivity contribution in [1.82, 2.24) is 19.9 Å². The highest BCUT2D eigenvalue weighted by atomic mass is 32.2. The maximum Gasteiger partial charge on any atom is 0.240 e. The fourth-order valence-electron chi connectivity index (χ4n) is 3.04. The number of nitrogens with zero attached hydrogens (tertiary/aromatic N) is 4. The van der Waals surface area contributed by atoms with Gasteiger partial charge in [-0.3, -0.25) is 9.69 Å². The third-order valence-corrected chi connectivity index (χ3v) is 5.05. The second-order valence-corrected chi connectivity index (χ2v) is 6.97. The van der Waals surface area contributed by atoms with Crippen molar-refractivity contribution >= 4 is 17.7 Å². The molecule has 0 spiro atoms. The van der Waals surface area contributed by atoms with E-state index in [0.29, 0.717) is 24.2 Å². The monoisotopic (exact) mass is 310 g/mol. The van der Waals surface area contributed by atoms with Gasteiger partial charge in [-0.15, -0.1) is 0 Å². The van der Waals surface area contributed by atoms with Crippen LogP contribution in [0.3, 0.4) is 0 Å². The van der Waals surface area contributed by atoms with Crippen LogP contribution in [-0.2, 0) is 11.3 Å². The van der Waals surface area contributed by atoms with Gasteiger partial charge in [-0.25, -0.2) is 0 Å². The molecule has 0 bridgehead atoms. The van der Waals surface area contributed by atoms with Crippen LogP contribution in [0, 0.1) is 12.8 Å². The topological polar surface area (TPSA) is 62.5 Å². The summed E-state index contributed by atoms with van der Waals surface area (Å²) in [6.45, 7) is 6.10. The second-order valence-electron chi connectivity index (χ2n) is 5.75. The molecule has 1 atom stereocenters. The average molecular weight is 310 g/mol. The molecule has 2 fully saturated rings. The SMILES string of the molecule is Cc1noc(CN2CCCC(C(=O)N3CCSCC3)C2)n1. The van der Waals surface area contributed by atoms with E-state index in [1.165, 1.54) is 0 Å². The van der Waals surface area contributed by atoms with Gasteiger partial charge < -0.3 is 9.42 Å². The van der Waals surface area contributed by atoms with Crippen LogP contribution >= 0.6 is 11.8 Å². The molecule has 2 saturated heterocycles. The Morgan fingerprint density at radius 2 is 2.19 bits per heavy atom. The van der Waals surface area contributed by atoms with Gasteiger partial charge in [-0.2, -0.15) is 16.7 Å². The lowest BCUT2D eigenvalue weighted by molar-refractivity contribution is -0.137. The number of aryl methyl sites for hydroxylation is 1. The molecule has 6 nitrogen and oxygen atoms in total. The predicted molar refractivity (Wildman–Crippen MR) is 80.9 cm³/mol. The van der Waals surface area contributed by atoms with Crippen LogP contribution < -0.4 is 0 Å². The fourth-order valence-corrected chi connectivity index (χ4v) is 3.94. The fraction of sp³-hybridized carbons (Fsp3) is 0.786. The first-order valence-electron chi connectivity index (χ1n) is 7.60. The molecule has 116 valence electrons. The van der Waals surface area contributed by atoms with E-state index >= 15 is 0 Å². The van der Waals surface area contributed by atoms with Crippen molar-refractivity contribution in [3.8, 4) is 0 Å². The van der Waals surface area contributed by atoms with Crippen molar-refractivity contribution in [3.05, 3.63) is 11.7 Å². The zero-order valence-electron chi connectivity index (χ0n) is 12.5. The Morgan fingerprint density at radius 1 is 1.38 bits per heavy atom. The summed E-state index contributed by atoms with van der Waals surface area (Å²) in [6, 6.07) is 0. The Hall–Kier alpha value is -1.08. The summed E-state index contributed by atoms with van der Waals surface area (Å²) >= 11 is 1.94. The number of aromatic nitrogens is 2. The first-order valence-corrected chi connectivity index (χ1v) is 8.76. The molecule has 0 aliphatic carbocycles. The van der Waals surface area contributed by atoms with E-state index in [0.717, 1.165) is 50.5 Å². The number of likely N-dealkylation sites (tertiary alicyclic amines) is 1. The van der Waals surface area contributed by atoms with Gasteiger partial charge in [0, 0.05) is 31.1 Å². The molecule has 7 heteroatoms. The van der Waals surface area contributed by atoms with Crippen molar-refractivity contribution < 1.29 is 9.32 Å². The van der Waals surface area contributed by atoms with E-state index in [4.69, 9.17) is 4.52 Å². The van der Waals surface area contributed by atoms with Gasteiger partial charge in [0.05, 0.1) is 12.5 Å². The number of hydrogen-bond acceptors (Lipinski definition) is 6. The summed E-state index contributed by atoms with van der Waals surface area (Å²) in [5, 5.41) is 3.82. The van der Waals surface area contributed by atoms with Crippen LogP contribution in [0.15, 0.2) is 4.52 Å². The van der Waals surface area contributed by atoms with E-state index < -0.39 is 0 Å². The van der Waals surface area contributed by atoms with Crippen molar-refractivity contribution in [3.63, 3.8) is 0 Å². The molecule has 3 heterocycles. The number of piperidine rings is 1. The van der Waals surface area contributed by atoms with Crippen molar-refractivity contribution in [2.45, 2.75) is 26.3 Å². The second kappa shape index (κ2) is 6.79. The molecule has 2 aliphatic heterocycles. The van der Waals surface area contributed by atoms with E-state index in [1.807, 2.05) is 23.6 Å². The quantitative estimate of drug-likeness (QED) is 0.835. The van der Waals surface area contributed by atoms with Crippen LogP contribution in [0.5, 0.6) is 0 Å². The maximum atomic E-state index is 12.6. The van der Waals surface area contributed by atoms with Crippen LogP contribution in [0.4, 0.5) is 0 Å². The number of rotatable bonds is 3. The van der Waals surface area contributed by atoms with Crippen LogP contribution in [-0.4, -0.2) is 63.5 Å². The highest BCUT2D eigenvalue weighted by Crippen LogP contribution is 2.22. The summed E-state index contributed by atoms with van der Waals surface area (Å²) in [4.78, 5) is 21.1. The molecule has 1 aromatic rings. The minimum atomic E-state index is 0.130. The van der Waals surface area contributed by atoms with Crippen LogP contribution in [0.2, 0.25) is 0 Å². The standard InChI is InChI=1S/C14H22N4O2S/c1-11-15-13(20-16-11)10-17-4-2-3-12(9-17)14(19)18-5-7-21-8-6-18/h12H,2-10H2,1H3. The number of hydrogen-bond donors (Lipinski definition) is 0. The third kappa shape index (κ3) is 3.77. The lowest BCUT2D eigenvalue weighted by atomic mass is 9.96. The molecule has 2 aliphatic rings. The lowest BCUT2D eigenvalue weighted by Gasteiger charge is -2.35. The van der Waals surface area contributed by atoms with Gasteiger partial charge in [0.1, 0.15) is 0 Å².